The zero-order valence-corrected chi connectivity index (χ0v) is 22.1. The molecule has 1 saturated heterocycles. The average molecular weight is 573 g/mol. The van der Waals surface area contributed by atoms with Gasteiger partial charge >= 0.3 is 6.18 Å². The van der Waals surface area contributed by atoms with Gasteiger partial charge in [-0.25, -0.2) is 4.98 Å². The number of carbonyl (C=O) groups excluding carboxylic acids is 3. The lowest BCUT2D eigenvalue weighted by Gasteiger charge is -2.28. The first kappa shape index (κ1) is 27.9. The highest BCUT2D eigenvalue weighted by molar-refractivity contribution is 6.05. The van der Waals surface area contributed by atoms with E-state index in [9.17, 15) is 27.6 Å². The highest BCUT2D eigenvalue weighted by Gasteiger charge is 2.34. The highest BCUT2D eigenvalue weighted by Crippen LogP contribution is 2.46. The Labute approximate surface area is 232 Å². The van der Waals surface area contributed by atoms with Crippen molar-refractivity contribution >= 4 is 40.4 Å². The molecule has 5 rings (SSSR count). The number of carbonyl (C=O) groups is 3. The molecule has 0 bridgehead atoms. The summed E-state index contributed by atoms with van der Waals surface area (Å²) in [7, 11) is 0. The first-order valence-corrected chi connectivity index (χ1v) is 12.9. The van der Waals surface area contributed by atoms with Gasteiger partial charge in [0.15, 0.2) is 11.5 Å². The Hall–Kier alpha value is -4.62. The van der Waals surface area contributed by atoms with Gasteiger partial charge in [-0.3, -0.25) is 24.7 Å². The van der Waals surface area contributed by atoms with Crippen molar-refractivity contribution in [2.75, 3.05) is 36.9 Å². The van der Waals surface area contributed by atoms with Gasteiger partial charge in [-0.05, 0) is 43.5 Å². The third kappa shape index (κ3) is 5.67. The van der Waals surface area contributed by atoms with Crippen LogP contribution in [0.2, 0.25) is 0 Å². The Bertz CT molecular complexity index is 1540. The fourth-order valence-electron chi connectivity index (χ4n) is 5.06. The van der Waals surface area contributed by atoms with Gasteiger partial charge in [0, 0.05) is 31.8 Å². The zero-order valence-electron chi connectivity index (χ0n) is 22.1. The Morgan fingerprint density at radius 1 is 1.12 bits per heavy atom. The molecule has 3 aromatic rings. The Kier molecular flexibility index (Phi) is 7.56. The molecule has 2 aliphatic rings. The summed E-state index contributed by atoms with van der Waals surface area (Å²) in [6.07, 6.45) is -0.496. The predicted molar refractivity (Wildman–Crippen MR) is 142 cm³/mol. The lowest BCUT2D eigenvalue weighted by atomic mass is 10.1. The van der Waals surface area contributed by atoms with Crippen molar-refractivity contribution in [1.82, 2.24) is 19.4 Å². The standard InChI is InChI=1S/C27H27F3N6O5/c1-3-21(38)35-9-5-4-6-17(14-35)36-22-18(13-19(32-15(2)37)23-24(22)41-11-10-40-23)33-26(36)34-25(39)16-7-8-31-20(12-16)27(28,29)30/h3,7-8,12-13,17H,1,4-6,9-11,14H2,2H3,(H,32,37)(H,33,34,39). The van der Waals surface area contributed by atoms with Crippen molar-refractivity contribution in [1.29, 1.82) is 0 Å². The summed E-state index contributed by atoms with van der Waals surface area (Å²) >= 11 is 0. The van der Waals surface area contributed by atoms with Crippen LogP contribution in [-0.2, 0) is 15.8 Å². The molecule has 1 unspecified atom stereocenters. The maximum atomic E-state index is 13.3. The number of hydrogen-bond acceptors (Lipinski definition) is 7. The molecule has 1 aromatic carbocycles. The maximum absolute atomic E-state index is 13.3. The quantitative estimate of drug-likeness (QED) is 0.440. The second-order valence-corrected chi connectivity index (χ2v) is 9.65. The van der Waals surface area contributed by atoms with Crippen molar-refractivity contribution in [2.45, 2.75) is 38.4 Å². The number of hydrogen-bond donors (Lipinski definition) is 2. The number of alkyl halides is 3. The molecule has 4 heterocycles. The Morgan fingerprint density at radius 3 is 2.59 bits per heavy atom. The smallest absolute Gasteiger partial charge is 0.433 e. The van der Waals surface area contributed by atoms with Crippen LogP contribution in [0, 0.1) is 0 Å². The molecule has 0 spiro atoms. The first-order chi connectivity index (χ1) is 19.6. The summed E-state index contributed by atoms with van der Waals surface area (Å²) in [6, 6.07) is 3.01. The Balaban J connectivity index is 1.66. The SMILES string of the molecule is C=CC(=O)N1CCCCC(n2c(NC(=O)c3ccnc(C(F)(F)F)c3)nc3cc(NC(C)=O)c4c(c32)OCCO4)C1. The fourth-order valence-corrected chi connectivity index (χ4v) is 5.06. The van der Waals surface area contributed by atoms with Crippen LogP contribution in [0.4, 0.5) is 24.8 Å². The van der Waals surface area contributed by atoms with Crippen LogP contribution in [0.1, 0.15) is 48.3 Å². The molecular weight excluding hydrogens is 545 g/mol. The van der Waals surface area contributed by atoms with E-state index >= 15 is 0 Å². The minimum absolute atomic E-state index is 0.0321. The normalized spacial score (nSPS) is 17.1. The maximum Gasteiger partial charge on any atom is 0.433 e. The van der Waals surface area contributed by atoms with E-state index in [1.165, 1.54) is 19.1 Å². The van der Waals surface area contributed by atoms with E-state index in [2.05, 4.69) is 27.2 Å². The van der Waals surface area contributed by atoms with E-state index in [4.69, 9.17) is 9.47 Å². The first-order valence-electron chi connectivity index (χ1n) is 12.9. The largest absolute Gasteiger partial charge is 0.484 e. The van der Waals surface area contributed by atoms with Crippen molar-refractivity contribution in [2.24, 2.45) is 0 Å². The molecule has 14 heteroatoms. The van der Waals surface area contributed by atoms with Crippen molar-refractivity contribution in [3.05, 3.63) is 48.3 Å². The van der Waals surface area contributed by atoms with Crippen LogP contribution in [0.5, 0.6) is 11.5 Å². The van der Waals surface area contributed by atoms with Gasteiger partial charge in [0.05, 0.1) is 17.2 Å². The summed E-state index contributed by atoms with van der Waals surface area (Å²) in [5.74, 6) is -0.832. The second kappa shape index (κ2) is 11.1. The molecule has 216 valence electrons. The number of rotatable bonds is 5. The number of pyridine rings is 1. The number of nitrogens with zero attached hydrogens (tertiary/aromatic N) is 4. The molecule has 0 aliphatic carbocycles. The number of nitrogens with one attached hydrogen (secondary N) is 2. The number of halogens is 3. The second-order valence-electron chi connectivity index (χ2n) is 9.65. The predicted octanol–water partition coefficient (Wildman–Crippen LogP) is 4.17. The van der Waals surface area contributed by atoms with E-state index in [-0.39, 0.29) is 48.8 Å². The van der Waals surface area contributed by atoms with E-state index in [0.29, 0.717) is 41.5 Å². The molecule has 3 amide bonds. The van der Waals surface area contributed by atoms with Crippen molar-refractivity contribution < 1.29 is 37.0 Å². The van der Waals surface area contributed by atoms with Crippen molar-refractivity contribution in [3.8, 4) is 11.5 Å². The lowest BCUT2D eigenvalue weighted by molar-refractivity contribution is -0.141. The molecule has 1 atom stereocenters. The van der Waals surface area contributed by atoms with Gasteiger partial charge in [0.25, 0.3) is 5.91 Å². The van der Waals surface area contributed by atoms with E-state index < -0.39 is 23.8 Å². The number of aromatic nitrogens is 3. The van der Waals surface area contributed by atoms with Gasteiger partial charge in [0.1, 0.15) is 24.4 Å². The van der Waals surface area contributed by atoms with E-state index in [0.717, 1.165) is 19.0 Å². The topological polar surface area (TPSA) is 128 Å². The van der Waals surface area contributed by atoms with Crippen LogP contribution in [0.15, 0.2) is 37.1 Å². The van der Waals surface area contributed by atoms with Crippen LogP contribution < -0.4 is 20.1 Å². The van der Waals surface area contributed by atoms with Gasteiger partial charge in [0.2, 0.25) is 17.8 Å². The van der Waals surface area contributed by atoms with Gasteiger partial charge in [-0.15, -0.1) is 0 Å². The number of imidazole rings is 1. The molecule has 2 N–H and O–H groups in total. The molecule has 2 aliphatic heterocycles. The molecule has 11 nitrogen and oxygen atoms in total. The van der Waals surface area contributed by atoms with Gasteiger partial charge < -0.3 is 24.3 Å². The summed E-state index contributed by atoms with van der Waals surface area (Å²) < 4.78 is 53.3. The number of ether oxygens (including phenoxy) is 2. The van der Waals surface area contributed by atoms with Crippen LogP contribution in [0.3, 0.4) is 0 Å². The molecule has 1 fully saturated rings. The highest BCUT2D eigenvalue weighted by atomic mass is 19.4. The third-order valence-electron chi connectivity index (χ3n) is 6.81. The van der Waals surface area contributed by atoms with E-state index in [1.54, 1.807) is 15.5 Å². The van der Waals surface area contributed by atoms with E-state index in [1.807, 2.05) is 0 Å². The minimum atomic E-state index is -4.73. The molecule has 0 radical (unpaired) electrons. The number of anilines is 2. The third-order valence-corrected chi connectivity index (χ3v) is 6.81. The number of fused-ring (bicyclic) bond motifs is 3. The molecule has 0 saturated carbocycles. The van der Waals surface area contributed by atoms with Crippen LogP contribution in [-0.4, -0.2) is 63.5 Å². The zero-order chi connectivity index (χ0) is 29.3. The monoisotopic (exact) mass is 572 g/mol. The Morgan fingerprint density at radius 2 is 1.88 bits per heavy atom. The number of benzene rings is 1. The average Bonchev–Trinajstić information content (AvgIpc) is 3.11. The van der Waals surface area contributed by atoms with Gasteiger partial charge in [-0.2, -0.15) is 13.2 Å². The molecular formula is C27H27F3N6O5. The summed E-state index contributed by atoms with van der Waals surface area (Å²) in [6.45, 7) is 6.14. The van der Waals surface area contributed by atoms with Crippen LogP contribution >= 0.6 is 0 Å². The van der Waals surface area contributed by atoms with Crippen LogP contribution in [0.25, 0.3) is 11.0 Å². The fraction of sp³-hybridized carbons (Fsp3) is 0.370. The lowest BCUT2D eigenvalue weighted by Crippen LogP contribution is -2.34. The molecule has 41 heavy (non-hydrogen) atoms. The van der Waals surface area contributed by atoms with Gasteiger partial charge in [-0.1, -0.05) is 6.58 Å². The minimum Gasteiger partial charge on any atom is -0.484 e. The summed E-state index contributed by atoms with van der Waals surface area (Å²) in [5, 5.41) is 5.35. The molecule has 2 aromatic heterocycles. The number of likely N-dealkylation sites (tertiary alicyclic amines) is 1. The van der Waals surface area contributed by atoms with Crippen molar-refractivity contribution in [3.63, 3.8) is 0 Å². The summed E-state index contributed by atoms with van der Waals surface area (Å²) in [4.78, 5) is 47.3. The summed E-state index contributed by atoms with van der Waals surface area (Å²) in [5.41, 5.74) is -0.371. The number of amides is 3.